The van der Waals surface area contributed by atoms with Crippen molar-refractivity contribution in [2.75, 3.05) is 5.32 Å². The molecule has 3 aromatic heterocycles. The fourth-order valence-corrected chi connectivity index (χ4v) is 5.62. The molecule has 1 aliphatic carbocycles. The highest BCUT2D eigenvalue weighted by Gasteiger charge is 2.26. The van der Waals surface area contributed by atoms with Crippen molar-refractivity contribution in [2.45, 2.75) is 39.5 Å². The van der Waals surface area contributed by atoms with Gasteiger partial charge in [0.05, 0.1) is 11.6 Å². The first-order chi connectivity index (χ1) is 16.0. The van der Waals surface area contributed by atoms with E-state index in [1.807, 2.05) is 44.2 Å². The van der Waals surface area contributed by atoms with E-state index in [2.05, 4.69) is 20.3 Å². The first kappa shape index (κ1) is 21.3. The second-order valence-corrected chi connectivity index (χ2v) is 9.54. The van der Waals surface area contributed by atoms with Crippen molar-refractivity contribution < 1.29 is 14.6 Å². The van der Waals surface area contributed by atoms with Crippen molar-refractivity contribution in [3.8, 4) is 11.5 Å². The van der Waals surface area contributed by atoms with Crippen LogP contribution < -0.4 is 10.1 Å². The Morgan fingerprint density at radius 2 is 2.09 bits per heavy atom. The number of carbonyl (C=O) groups is 1. The molecule has 1 unspecified atom stereocenters. The monoisotopic (exact) mass is 460 g/mol. The standard InChI is InChI=1S/C25H24N4O3S/c1-14-9-17(5-8-20(14)32-18-6-3-15(2)26-12-18)29-24-23-19-7-4-16(11-22(30)31)10-21(19)33-25(23)28-13-27-24/h3,5-6,8-9,12-13,16H,4,7,10-11H2,1-2H3,(H,30,31)(H,27,28,29). The topological polar surface area (TPSA) is 97.2 Å². The zero-order valence-corrected chi connectivity index (χ0v) is 19.3. The number of aryl methyl sites for hydroxylation is 3. The van der Waals surface area contributed by atoms with Crippen LogP contribution in [0, 0.1) is 19.8 Å². The highest BCUT2D eigenvalue weighted by Crippen LogP contribution is 2.41. The van der Waals surface area contributed by atoms with Gasteiger partial charge in [-0.05, 0) is 80.5 Å². The van der Waals surface area contributed by atoms with E-state index in [1.165, 1.54) is 10.4 Å². The van der Waals surface area contributed by atoms with E-state index in [1.54, 1.807) is 23.9 Å². The molecule has 168 valence electrons. The Bertz CT molecular complexity index is 1330. The van der Waals surface area contributed by atoms with E-state index < -0.39 is 5.97 Å². The number of anilines is 2. The Balaban J connectivity index is 1.39. The summed E-state index contributed by atoms with van der Waals surface area (Å²) in [5.41, 5.74) is 4.11. The molecule has 0 fully saturated rings. The van der Waals surface area contributed by atoms with Crippen LogP contribution in [0.1, 0.15) is 34.5 Å². The normalized spacial score (nSPS) is 15.3. The number of carboxylic acid groups (broad SMARTS) is 1. The molecule has 0 amide bonds. The van der Waals surface area contributed by atoms with Gasteiger partial charge < -0.3 is 15.2 Å². The Kier molecular flexibility index (Phi) is 5.68. The first-order valence-corrected chi connectivity index (χ1v) is 11.7. The molecular weight excluding hydrogens is 436 g/mol. The third-order valence-corrected chi connectivity index (χ3v) is 7.12. The number of aliphatic carboxylic acids is 1. The van der Waals surface area contributed by atoms with Gasteiger partial charge in [-0.3, -0.25) is 9.78 Å². The van der Waals surface area contributed by atoms with Gasteiger partial charge in [-0.15, -0.1) is 11.3 Å². The number of thiophene rings is 1. The first-order valence-electron chi connectivity index (χ1n) is 10.9. The minimum atomic E-state index is -0.729. The second-order valence-electron chi connectivity index (χ2n) is 8.46. The van der Waals surface area contributed by atoms with Crippen LogP contribution in [0.3, 0.4) is 0 Å². The van der Waals surface area contributed by atoms with E-state index in [0.717, 1.165) is 58.0 Å². The number of nitrogens with zero attached hydrogens (tertiary/aromatic N) is 3. The average Bonchev–Trinajstić information content (AvgIpc) is 3.15. The van der Waals surface area contributed by atoms with Gasteiger partial charge in [0.2, 0.25) is 0 Å². The van der Waals surface area contributed by atoms with Crippen molar-refractivity contribution in [2.24, 2.45) is 5.92 Å². The lowest BCUT2D eigenvalue weighted by molar-refractivity contribution is -0.138. The number of benzene rings is 1. The molecule has 0 saturated carbocycles. The number of fused-ring (bicyclic) bond motifs is 3. The third-order valence-electron chi connectivity index (χ3n) is 5.96. The molecule has 0 spiro atoms. The Morgan fingerprint density at radius 1 is 1.21 bits per heavy atom. The predicted molar refractivity (Wildman–Crippen MR) is 129 cm³/mol. The highest BCUT2D eigenvalue weighted by molar-refractivity contribution is 7.19. The lowest BCUT2D eigenvalue weighted by Gasteiger charge is -2.20. The van der Waals surface area contributed by atoms with Crippen LogP contribution in [-0.2, 0) is 17.6 Å². The van der Waals surface area contributed by atoms with Gasteiger partial charge >= 0.3 is 5.97 Å². The third kappa shape index (κ3) is 4.52. The highest BCUT2D eigenvalue weighted by atomic mass is 32.1. The van der Waals surface area contributed by atoms with Gasteiger partial charge in [-0.2, -0.15) is 0 Å². The molecule has 0 radical (unpaired) electrons. The smallest absolute Gasteiger partial charge is 0.303 e. The number of carboxylic acids is 1. The quantitative estimate of drug-likeness (QED) is 0.374. The van der Waals surface area contributed by atoms with Crippen LogP contribution in [0.2, 0.25) is 0 Å². The Hall–Kier alpha value is -3.52. The lowest BCUT2D eigenvalue weighted by atomic mass is 9.86. The average molecular weight is 461 g/mol. The molecule has 33 heavy (non-hydrogen) atoms. The number of pyridine rings is 1. The van der Waals surface area contributed by atoms with Crippen LogP contribution in [-0.4, -0.2) is 26.0 Å². The number of aromatic nitrogens is 3. The van der Waals surface area contributed by atoms with Gasteiger partial charge in [0.15, 0.2) is 0 Å². The molecule has 0 aliphatic heterocycles. The lowest BCUT2D eigenvalue weighted by Crippen LogP contribution is -2.16. The summed E-state index contributed by atoms with van der Waals surface area (Å²) >= 11 is 1.65. The molecule has 3 heterocycles. The van der Waals surface area contributed by atoms with Crippen molar-refractivity contribution in [1.82, 2.24) is 15.0 Å². The van der Waals surface area contributed by atoms with E-state index >= 15 is 0 Å². The Morgan fingerprint density at radius 3 is 2.85 bits per heavy atom. The zero-order chi connectivity index (χ0) is 22.9. The van der Waals surface area contributed by atoms with Crippen LogP contribution in [0.15, 0.2) is 42.9 Å². The molecule has 1 aliphatic rings. The molecule has 7 nitrogen and oxygen atoms in total. The molecule has 0 saturated heterocycles. The predicted octanol–water partition coefficient (Wildman–Crippen LogP) is 5.82. The van der Waals surface area contributed by atoms with Gasteiger partial charge in [-0.1, -0.05) is 0 Å². The summed E-state index contributed by atoms with van der Waals surface area (Å²) in [6, 6.07) is 9.78. The molecule has 1 aromatic carbocycles. The second kappa shape index (κ2) is 8.78. The summed E-state index contributed by atoms with van der Waals surface area (Å²) < 4.78 is 5.98. The molecule has 2 N–H and O–H groups in total. The van der Waals surface area contributed by atoms with Crippen molar-refractivity contribution in [3.63, 3.8) is 0 Å². The summed E-state index contributed by atoms with van der Waals surface area (Å²) in [6.45, 7) is 3.95. The maximum atomic E-state index is 11.1. The maximum Gasteiger partial charge on any atom is 0.303 e. The molecule has 5 rings (SSSR count). The van der Waals surface area contributed by atoms with Gasteiger partial charge in [0, 0.05) is 22.7 Å². The van der Waals surface area contributed by atoms with Gasteiger partial charge in [0.25, 0.3) is 0 Å². The van der Waals surface area contributed by atoms with E-state index in [4.69, 9.17) is 9.84 Å². The van der Waals surface area contributed by atoms with Crippen molar-refractivity contribution in [1.29, 1.82) is 0 Å². The van der Waals surface area contributed by atoms with E-state index in [9.17, 15) is 4.79 Å². The zero-order valence-electron chi connectivity index (χ0n) is 18.5. The SMILES string of the molecule is Cc1ccc(Oc2ccc(Nc3ncnc4sc5c(c34)CCC(CC(=O)O)C5)cc2C)cn1. The van der Waals surface area contributed by atoms with Crippen LogP contribution >= 0.6 is 11.3 Å². The summed E-state index contributed by atoms with van der Waals surface area (Å²) in [5, 5.41) is 13.7. The minimum Gasteiger partial charge on any atom is -0.481 e. The summed E-state index contributed by atoms with van der Waals surface area (Å²) in [6.07, 6.45) is 6.04. The summed E-state index contributed by atoms with van der Waals surface area (Å²) in [5.74, 6) is 1.72. The van der Waals surface area contributed by atoms with Gasteiger partial charge in [0.1, 0.15) is 28.5 Å². The number of nitrogens with one attached hydrogen (secondary N) is 1. The maximum absolute atomic E-state index is 11.1. The molecule has 0 bridgehead atoms. The van der Waals surface area contributed by atoms with Crippen LogP contribution in [0.25, 0.3) is 10.2 Å². The Labute approximate surface area is 195 Å². The van der Waals surface area contributed by atoms with Crippen LogP contribution in [0.5, 0.6) is 11.5 Å². The molecule has 1 atom stereocenters. The largest absolute Gasteiger partial charge is 0.481 e. The molecular formula is C25H24N4O3S. The number of hydrogen-bond acceptors (Lipinski definition) is 7. The fraction of sp³-hybridized carbons (Fsp3) is 0.280. The van der Waals surface area contributed by atoms with Crippen molar-refractivity contribution >= 4 is 39.0 Å². The summed E-state index contributed by atoms with van der Waals surface area (Å²) in [7, 11) is 0. The minimum absolute atomic E-state index is 0.186. The molecule has 8 heteroatoms. The van der Waals surface area contributed by atoms with E-state index in [-0.39, 0.29) is 12.3 Å². The van der Waals surface area contributed by atoms with E-state index in [0.29, 0.717) is 5.75 Å². The van der Waals surface area contributed by atoms with Crippen molar-refractivity contribution in [3.05, 3.63) is 64.6 Å². The molecule has 4 aromatic rings. The number of hydrogen-bond donors (Lipinski definition) is 2. The summed E-state index contributed by atoms with van der Waals surface area (Å²) in [4.78, 5) is 26.6. The van der Waals surface area contributed by atoms with Gasteiger partial charge in [-0.25, -0.2) is 9.97 Å². The fourth-order valence-electron chi connectivity index (χ4n) is 4.31. The number of rotatable bonds is 6. The van der Waals surface area contributed by atoms with Crippen LogP contribution in [0.4, 0.5) is 11.5 Å². The number of ether oxygens (including phenoxy) is 1.